The summed E-state index contributed by atoms with van der Waals surface area (Å²) in [4.78, 5) is 13.6. The molecule has 4 heteroatoms. The Labute approximate surface area is 106 Å². The molecule has 0 unspecified atom stereocenters. The number of fused-ring (bicyclic) bond motifs is 1. The minimum atomic E-state index is -0.682. The van der Waals surface area contributed by atoms with Gasteiger partial charge < -0.3 is 0 Å². The van der Waals surface area contributed by atoms with Gasteiger partial charge in [-0.3, -0.25) is 0 Å². The van der Waals surface area contributed by atoms with Gasteiger partial charge in [-0.2, -0.15) is 0 Å². The SMILES string of the molecule is O=C(O)CC[Se]CCc1c[nH]c2ccccc12. The molecule has 0 aliphatic rings. The van der Waals surface area contributed by atoms with Gasteiger partial charge in [0.1, 0.15) is 0 Å². The molecule has 2 N–H and O–H groups in total. The first kappa shape index (κ1) is 12.2. The van der Waals surface area contributed by atoms with E-state index in [1.54, 1.807) is 0 Å². The maximum atomic E-state index is 10.4. The number of carboxylic acid groups (broad SMARTS) is 1. The molecule has 0 fully saturated rings. The van der Waals surface area contributed by atoms with Crippen LogP contribution in [0.2, 0.25) is 10.6 Å². The van der Waals surface area contributed by atoms with Crippen molar-refractivity contribution in [3.8, 4) is 0 Å². The third kappa shape index (κ3) is 3.35. The van der Waals surface area contributed by atoms with E-state index in [0.717, 1.165) is 17.1 Å². The average molecular weight is 296 g/mol. The van der Waals surface area contributed by atoms with Crippen LogP contribution in [0.1, 0.15) is 12.0 Å². The van der Waals surface area contributed by atoms with Crippen LogP contribution in [0.15, 0.2) is 30.5 Å². The van der Waals surface area contributed by atoms with E-state index in [0.29, 0.717) is 21.4 Å². The molecule has 3 nitrogen and oxygen atoms in total. The fourth-order valence-corrected chi connectivity index (χ4v) is 3.64. The van der Waals surface area contributed by atoms with Gasteiger partial charge in [-0.15, -0.1) is 0 Å². The van der Waals surface area contributed by atoms with Crippen molar-refractivity contribution in [3.63, 3.8) is 0 Å². The Morgan fingerprint density at radius 3 is 2.94 bits per heavy atom. The van der Waals surface area contributed by atoms with E-state index in [4.69, 9.17) is 5.11 Å². The van der Waals surface area contributed by atoms with Crippen molar-refractivity contribution < 1.29 is 9.90 Å². The predicted octanol–water partition coefficient (Wildman–Crippen LogP) is 2.73. The molecule has 2 aromatic rings. The number of H-pyrrole nitrogens is 1. The monoisotopic (exact) mass is 297 g/mol. The van der Waals surface area contributed by atoms with Crippen LogP contribution in [0.3, 0.4) is 0 Å². The van der Waals surface area contributed by atoms with Gasteiger partial charge in [-0.1, -0.05) is 0 Å². The fraction of sp³-hybridized carbons (Fsp3) is 0.308. The van der Waals surface area contributed by atoms with E-state index < -0.39 is 5.97 Å². The molecule has 0 bridgehead atoms. The van der Waals surface area contributed by atoms with Gasteiger partial charge in [0.15, 0.2) is 0 Å². The molecule has 17 heavy (non-hydrogen) atoms. The zero-order chi connectivity index (χ0) is 12.1. The van der Waals surface area contributed by atoms with Crippen molar-refractivity contribution >= 4 is 31.8 Å². The molecule has 0 atom stereocenters. The maximum absolute atomic E-state index is 10.4. The Hall–Kier alpha value is -1.25. The van der Waals surface area contributed by atoms with Crippen LogP contribution in [0.4, 0.5) is 0 Å². The third-order valence-corrected chi connectivity index (χ3v) is 4.72. The Morgan fingerprint density at radius 2 is 2.12 bits per heavy atom. The quantitative estimate of drug-likeness (QED) is 0.636. The first-order valence-electron chi connectivity index (χ1n) is 5.62. The summed E-state index contributed by atoms with van der Waals surface area (Å²) >= 11 is 0.441. The van der Waals surface area contributed by atoms with Gasteiger partial charge in [0, 0.05) is 0 Å². The van der Waals surface area contributed by atoms with Crippen molar-refractivity contribution in [1.29, 1.82) is 0 Å². The number of nitrogens with one attached hydrogen (secondary N) is 1. The van der Waals surface area contributed by atoms with Gasteiger partial charge in [-0.25, -0.2) is 0 Å². The molecule has 0 spiro atoms. The molecule has 0 amide bonds. The summed E-state index contributed by atoms with van der Waals surface area (Å²) in [6.07, 6.45) is 3.43. The van der Waals surface area contributed by atoms with Gasteiger partial charge in [0.2, 0.25) is 0 Å². The molecule has 1 aromatic heterocycles. The van der Waals surface area contributed by atoms with E-state index in [-0.39, 0.29) is 0 Å². The van der Waals surface area contributed by atoms with Crippen LogP contribution >= 0.6 is 0 Å². The Kier molecular flexibility index (Phi) is 4.23. The van der Waals surface area contributed by atoms with Crippen molar-refractivity contribution in [1.82, 2.24) is 4.98 Å². The molecule has 0 aliphatic carbocycles. The van der Waals surface area contributed by atoms with Gasteiger partial charge in [0.05, 0.1) is 0 Å². The summed E-state index contributed by atoms with van der Waals surface area (Å²) in [6, 6.07) is 8.29. The second kappa shape index (κ2) is 5.89. The molecule has 1 heterocycles. The molecule has 0 saturated heterocycles. The Balaban J connectivity index is 1.85. The number of aryl methyl sites for hydroxylation is 1. The van der Waals surface area contributed by atoms with Crippen molar-refractivity contribution in [2.45, 2.75) is 23.5 Å². The number of hydrogen-bond donors (Lipinski definition) is 2. The van der Waals surface area contributed by atoms with E-state index in [2.05, 4.69) is 29.4 Å². The van der Waals surface area contributed by atoms with Crippen molar-refractivity contribution in [2.24, 2.45) is 0 Å². The van der Waals surface area contributed by atoms with Crippen LogP contribution in [0.25, 0.3) is 10.9 Å². The number of para-hydroxylation sites is 1. The Bertz CT molecular complexity index is 507. The number of benzene rings is 1. The number of carbonyl (C=O) groups is 1. The second-order valence-electron chi connectivity index (χ2n) is 3.87. The van der Waals surface area contributed by atoms with Crippen LogP contribution in [0.5, 0.6) is 0 Å². The summed E-state index contributed by atoms with van der Waals surface area (Å²) in [5, 5.41) is 11.8. The third-order valence-electron chi connectivity index (χ3n) is 2.65. The molecule has 2 rings (SSSR count). The molecule has 0 saturated carbocycles. The summed E-state index contributed by atoms with van der Waals surface area (Å²) in [5.41, 5.74) is 2.53. The van der Waals surface area contributed by atoms with Gasteiger partial charge in [-0.05, 0) is 0 Å². The van der Waals surface area contributed by atoms with E-state index in [1.165, 1.54) is 16.5 Å². The van der Waals surface area contributed by atoms with Crippen molar-refractivity contribution in [3.05, 3.63) is 36.0 Å². The average Bonchev–Trinajstić information content (AvgIpc) is 2.72. The molecular formula is C13H15NO2Se. The molecular weight excluding hydrogens is 281 g/mol. The topological polar surface area (TPSA) is 53.1 Å². The summed E-state index contributed by atoms with van der Waals surface area (Å²) < 4.78 is 0. The minimum absolute atomic E-state index is 0.313. The second-order valence-corrected chi connectivity index (χ2v) is 6.44. The van der Waals surface area contributed by atoms with E-state index in [1.807, 2.05) is 6.07 Å². The number of aromatic nitrogens is 1. The van der Waals surface area contributed by atoms with Crippen molar-refractivity contribution in [2.75, 3.05) is 0 Å². The van der Waals surface area contributed by atoms with Gasteiger partial charge >= 0.3 is 106 Å². The molecule has 90 valence electrons. The summed E-state index contributed by atoms with van der Waals surface area (Å²) in [5.74, 6) is -0.682. The first-order chi connectivity index (χ1) is 8.27. The number of carboxylic acids is 1. The fourth-order valence-electron chi connectivity index (χ4n) is 1.78. The number of rotatable bonds is 6. The normalized spacial score (nSPS) is 10.8. The first-order valence-corrected chi connectivity index (χ1v) is 8.04. The number of hydrogen-bond acceptors (Lipinski definition) is 1. The van der Waals surface area contributed by atoms with Crippen LogP contribution in [0, 0.1) is 0 Å². The number of aliphatic carboxylic acids is 1. The molecule has 0 aliphatic heterocycles. The standard InChI is InChI=1S/C13H15NO2Se/c15-13(16)6-8-17-7-5-10-9-14-12-4-2-1-3-11(10)12/h1-4,9,14H,5-8H2,(H,15,16). The predicted molar refractivity (Wildman–Crippen MR) is 69.6 cm³/mol. The molecule has 0 radical (unpaired) electrons. The van der Waals surface area contributed by atoms with Crippen LogP contribution in [-0.4, -0.2) is 31.0 Å². The zero-order valence-electron chi connectivity index (χ0n) is 9.48. The van der Waals surface area contributed by atoms with E-state index >= 15 is 0 Å². The van der Waals surface area contributed by atoms with Gasteiger partial charge in [0.25, 0.3) is 0 Å². The van der Waals surface area contributed by atoms with Crippen LogP contribution in [-0.2, 0) is 11.2 Å². The Morgan fingerprint density at radius 1 is 1.29 bits per heavy atom. The van der Waals surface area contributed by atoms with E-state index in [9.17, 15) is 4.79 Å². The zero-order valence-corrected chi connectivity index (χ0v) is 11.2. The number of aromatic amines is 1. The molecule has 1 aromatic carbocycles. The summed E-state index contributed by atoms with van der Waals surface area (Å²) in [6.45, 7) is 0. The van der Waals surface area contributed by atoms with Crippen LogP contribution < -0.4 is 0 Å². The summed E-state index contributed by atoms with van der Waals surface area (Å²) in [7, 11) is 0.